The maximum atomic E-state index is 13.1. The molecular formula is C29H24Cl2N2O3S. The molecule has 4 aromatic rings. The van der Waals surface area contributed by atoms with Gasteiger partial charge in [0.1, 0.15) is 5.75 Å². The topological polar surface area (TPSA) is 51.5 Å². The van der Waals surface area contributed by atoms with Gasteiger partial charge in [0, 0.05) is 39.3 Å². The van der Waals surface area contributed by atoms with E-state index in [9.17, 15) is 9.59 Å². The fourth-order valence-electron chi connectivity index (χ4n) is 4.23. The zero-order valence-corrected chi connectivity index (χ0v) is 22.4. The Labute approximate surface area is 229 Å². The zero-order chi connectivity index (χ0) is 25.9. The lowest BCUT2D eigenvalue weighted by Crippen LogP contribution is -2.27. The van der Waals surface area contributed by atoms with Crippen molar-refractivity contribution in [1.29, 1.82) is 0 Å². The molecule has 1 aromatic heterocycles. The predicted molar refractivity (Wildman–Crippen MR) is 151 cm³/mol. The first-order valence-electron chi connectivity index (χ1n) is 11.9. The number of hydrogen-bond donors (Lipinski definition) is 0. The van der Waals surface area contributed by atoms with Gasteiger partial charge in [-0.25, -0.2) is 0 Å². The molecular weight excluding hydrogens is 527 g/mol. The average molecular weight is 551 g/mol. The zero-order valence-electron chi connectivity index (χ0n) is 20.1. The summed E-state index contributed by atoms with van der Waals surface area (Å²) in [6.07, 6.45) is 4.65. The van der Waals surface area contributed by atoms with E-state index in [1.165, 1.54) is 10.5 Å². The van der Waals surface area contributed by atoms with Crippen molar-refractivity contribution in [2.24, 2.45) is 0 Å². The molecule has 1 saturated heterocycles. The summed E-state index contributed by atoms with van der Waals surface area (Å²) in [6, 6.07) is 21.1. The molecule has 0 bridgehead atoms. The molecule has 0 N–H and O–H groups in total. The minimum absolute atomic E-state index is 0.0980. The van der Waals surface area contributed by atoms with Crippen molar-refractivity contribution < 1.29 is 14.3 Å². The molecule has 1 fully saturated rings. The standard InChI is InChI=1S/C29H24Cl2N2O3S/c1-19-7-11-23(12-8-19)36-14-4-13-32-17-21(24-5-2-3-6-26(24)32)15-27-28(34)33(29(35)37-27)18-20-9-10-22(30)16-25(20)31/h2-3,5-12,15-17H,4,13-14,18H2,1H3/b27-15-. The van der Waals surface area contributed by atoms with Gasteiger partial charge in [-0.05, 0) is 67.1 Å². The van der Waals surface area contributed by atoms with E-state index in [4.69, 9.17) is 27.9 Å². The number of nitrogens with zero attached hydrogens (tertiary/aromatic N) is 2. The average Bonchev–Trinajstić information content (AvgIpc) is 3.36. The Morgan fingerprint density at radius 3 is 2.57 bits per heavy atom. The van der Waals surface area contributed by atoms with Crippen LogP contribution in [0.3, 0.4) is 0 Å². The normalized spacial score (nSPS) is 14.8. The molecule has 5 nitrogen and oxygen atoms in total. The highest BCUT2D eigenvalue weighted by Gasteiger charge is 2.35. The Morgan fingerprint density at radius 1 is 1.00 bits per heavy atom. The Balaban J connectivity index is 1.31. The van der Waals surface area contributed by atoms with Crippen LogP contribution < -0.4 is 4.74 Å². The highest BCUT2D eigenvalue weighted by atomic mass is 35.5. The van der Waals surface area contributed by atoms with Crippen LogP contribution in [0.5, 0.6) is 5.75 Å². The number of aromatic nitrogens is 1. The number of benzene rings is 3. The summed E-state index contributed by atoms with van der Waals surface area (Å²) in [5.74, 6) is 0.531. The summed E-state index contributed by atoms with van der Waals surface area (Å²) in [6.45, 7) is 3.50. The second-order valence-electron chi connectivity index (χ2n) is 8.81. The van der Waals surface area contributed by atoms with Crippen molar-refractivity contribution in [3.63, 3.8) is 0 Å². The van der Waals surface area contributed by atoms with E-state index in [2.05, 4.69) is 10.6 Å². The molecule has 8 heteroatoms. The molecule has 0 atom stereocenters. The molecule has 3 aromatic carbocycles. The van der Waals surface area contributed by atoms with Gasteiger partial charge in [-0.2, -0.15) is 0 Å². The van der Waals surface area contributed by atoms with E-state index in [0.29, 0.717) is 27.1 Å². The van der Waals surface area contributed by atoms with E-state index in [1.54, 1.807) is 24.3 Å². The van der Waals surface area contributed by atoms with Gasteiger partial charge < -0.3 is 9.30 Å². The molecule has 0 aliphatic carbocycles. The summed E-state index contributed by atoms with van der Waals surface area (Å²) in [5, 5.41) is 1.62. The lowest BCUT2D eigenvalue weighted by Gasteiger charge is -2.13. The summed E-state index contributed by atoms with van der Waals surface area (Å²) in [5.41, 5.74) is 3.82. The molecule has 5 rings (SSSR count). The van der Waals surface area contributed by atoms with Gasteiger partial charge in [0.05, 0.1) is 18.1 Å². The van der Waals surface area contributed by atoms with Gasteiger partial charge in [-0.15, -0.1) is 0 Å². The van der Waals surface area contributed by atoms with Crippen molar-refractivity contribution >= 4 is 63.1 Å². The summed E-state index contributed by atoms with van der Waals surface area (Å²) < 4.78 is 8.04. The number of thioether (sulfide) groups is 1. The second kappa shape index (κ2) is 11.1. The minimum atomic E-state index is -0.329. The maximum absolute atomic E-state index is 13.1. The van der Waals surface area contributed by atoms with Crippen LogP contribution in [0.25, 0.3) is 17.0 Å². The monoisotopic (exact) mass is 550 g/mol. The second-order valence-corrected chi connectivity index (χ2v) is 10.7. The van der Waals surface area contributed by atoms with Crippen molar-refractivity contribution in [3.05, 3.63) is 105 Å². The molecule has 2 amide bonds. The van der Waals surface area contributed by atoms with Gasteiger partial charge in [-0.3, -0.25) is 14.5 Å². The molecule has 0 radical (unpaired) electrons. The molecule has 188 valence electrons. The lowest BCUT2D eigenvalue weighted by atomic mass is 10.1. The number of amides is 2. The van der Waals surface area contributed by atoms with Crippen molar-refractivity contribution in [1.82, 2.24) is 9.47 Å². The van der Waals surface area contributed by atoms with E-state index < -0.39 is 0 Å². The molecule has 2 heterocycles. The highest BCUT2D eigenvalue weighted by molar-refractivity contribution is 8.18. The minimum Gasteiger partial charge on any atom is -0.494 e. The lowest BCUT2D eigenvalue weighted by molar-refractivity contribution is -0.123. The number of hydrogen-bond acceptors (Lipinski definition) is 4. The third-order valence-electron chi connectivity index (χ3n) is 6.16. The van der Waals surface area contributed by atoms with E-state index in [0.717, 1.165) is 46.9 Å². The predicted octanol–water partition coefficient (Wildman–Crippen LogP) is 7.96. The van der Waals surface area contributed by atoms with Gasteiger partial charge in [-0.1, -0.05) is 65.2 Å². The van der Waals surface area contributed by atoms with E-state index >= 15 is 0 Å². The first-order valence-corrected chi connectivity index (χ1v) is 13.4. The number of halogens is 2. The fourth-order valence-corrected chi connectivity index (χ4v) is 5.53. The first kappa shape index (κ1) is 25.5. The summed E-state index contributed by atoms with van der Waals surface area (Å²) >= 11 is 13.2. The number of carbonyl (C=O) groups excluding carboxylic acids is 2. The van der Waals surface area contributed by atoms with Gasteiger partial charge in [0.15, 0.2) is 0 Å². The number of carbonyl (C=O) groups is 2. The Hall–Kier alpha value is -3.19. The van der Waals surface area contributed by atoms with Crippen LogP contribution in [0, 0.1) is 6.92 Å². The van der Waals surface area contributed by atoms with Crippen LogP contribution in [-0.4, -0.2) is 27.2 Å². The smallest absolute Gasteiger partial charge is 0.293 e. The van der Waals surface area contributed by atoms with Gasteiger partial charge in [0.2, 0.25) is 0 Å². The molecule has 1 aliphatic heterocycles. The van der Waals surface area contributed by atoms with Crippen LogP contribution in [0.4, 0.5) is 4.79 Å². The number of imide groups is 1. The number of ether oxygens (including phenoxy) is 1. The van der Waals surface area contributed by atoms with Crippen molar-refractivity contribution in [2.75, 3.05) is 6.61 Å². The largest absolute Gasteiger partial charge is 0.494 e. The van der Waals surface area contributed by atoms with Crippen LogP contribution in [-0.2, 0) is 17.9 Å². The highest BCUT2D eigenvalue weighted by Crippen LogP contribution is 2.36. The molecule has 1 aliphatic rings. The quantitative estimate of drug-likeness (QED) is 0.165. The number of fused-ring (bicyclic) bond motifs is 1. The fraction of sp³-hybridized carbons (Fsp3) is 0.172. The number of rotatable bonds is 8. The Bertz CT molecular complexity index is 1510. The van der Waals surface area contributed by atoms with E-state index in [-0.39, 0.29) is 17.7 Å². The SMILES string of the molecule is Cc1ccc(OCCCn2cc(/C=C3\SC(=O)N(Cc4ccc(Cl)cc4Cl)C3=O)c3ccccc32)cc1. The molecule has 0 spiro atoms. The molecule has 0 saturated carbocycles. The van der Waals surface area contributed by atoms with Crippen LogP contribution >= 0.6 is 35.0 Å². The number of para-hydroxylation sites is 1. The van der Waals surface area contributed by atoms with E-state index in [1.807, 2.05) is 55.6 Å². The molecule has 37 heavy (non-hydrogen) atoms. The first-order chi connectivity index (χ1) is 17.9. The third-order valence-corrected chi connectivity index (χ3v) is 7.65. The van der Waals surface area contributed by atoms with Gasteiger partial charge >= 0.3 is 0 Å². The summed E-state index contributed by atoms with van der Waals surface area (Å²) in [4.78, 5) is 27.4. The van der Waals surface area contributed by atoms with Crippen LogP contribution in [0.2, 0.25) is 10.0 Å². The van der Waals surface area contributed by atoms with Gasteiger partial charge in [0.25, 0.3) is 11.1 Å². The third kappa shape index (κ3) is 5.72. The Kier molecular flexibility index (Phi) is 7.60. The summed E-state index contributed by atoms with van der Waals surface area (Å²) in [7, 11) is 0. The Morgan fingerprint density at radius 2 is 1.78 bits per heavy atom. The number of aryl methyl sites for hydroxylation is 2. The van der Waals surface area contributed by atoms with Crippen molar-refractivity contribution in [2.45, 2.75) is 26.4 Å². The maximum Gasteiger partial charge on any atom is 0.293 e. The van der Waals surface area contributed by atoms with Crippen LogP contribution in [0.15, 0.2) is 77.8 Å². The molecule has 0 unspecified atom stereocenters. The van der Waals surface area contributed by atoms with Crippen LogP contribution in [0.1, 0.15) is 23.1 Å². The van der Waals surface area contributed by atoms with Crippen molar-refractivity contribution in [3.8, 4) is 5.75 Å².